The van der Waals surface area contributed by atoms with Gasteiger partial charge < -0.3 is 14.6 Å². The van der Waals surface area contributed by atoms with Crippen LogP contribution in [0.5, 0.6) is 0 Å². The first kappa shape index (κ1) is 11.1. The molecule has 0 aromatic carbocycles. The molecule has 0 bridgehead atoms. The summed E-state index contributed by atoms with van der Waals surface area (Å²) < 4.78 is 68.3. The lowest BCUT2D eigenvalue weighted by Crippen LogP contribution is -2.25. The molecule has 1 N–H and O–H groups in total. The molecule has 0 spiro atoms. The molecule has 0 radical (unpaired) electrons. The van der Waals surface area contributed by atoms with Gasteiger partial charge in [0.1, 0.15) is 0 Å². The molecule has 136 valence electrons. The SMILES string of the molecule is [2H]C([2H])(O)CCCCCCCCCC1=C(C([2H])([2H])[2H])C(=O)C(OC)=C(OC([2H])([2H])[2H])C1=O. The highest BCUT2D eigenvalue weighted by molar-refractivity contribution is 6.23. The Morgan fingerprint density at radius 3 is 2.04 bits per heavy atom. The van der Waals surface area contributed by atoms with Gasteiger partial charge in [-0.3, -0.25) is 9.59 Å². The Labute approximate surface area is 156 Å². The molecule has 0 amide bonds. The van der Waals surface area contributed by atoms with E-state index in [4.69, 9.17) is 20.8 Å². The summed E-state index contributed by atoms with van der Waals surface area (Å²) >= 11 is 0. The first-order valence-corrected chi connectivity index (χ1v) is 8.11. The molecule has 0 atom stereocenters. The average Bonchev–Trinajstić information content (AvgIpc) is 2.61. The molecule has 0 saturated carbocycles. The van der Waals surface area contributed by atoms with Gasteiger partial charge in [0, 0.05) is 21.8 Å². The van der Waals surface area contributed by atoms with Crippen LogP contribution in [0.2, 0.25) is 0 Å². The molecule has 5 heteroatoms. The topological polar surface area (TPSA) is 72.8 Å². The van der Waals surface area contributed by atoms with Crippen molar-refractivity contribution in [2.45, 2.75) is 64.6 Å². The van der Waals surface area contributed by atoms with Crippen molar-refractivity contribution in [2.24, 2.45) is 0 Å². The van der Waals surface area contributed by atoms with Crippen LogP contribution < -0.4 is 0 Å². The van der Waals surface area contributed by atoms with Crippen LogP contribution in [0, 0.1) is 0 Å². The predicted octanol–water partition coefficient (Wildman–Crippen LogP) is 3.46. The molecule has 0 aromatic rings. The van der Waals surface area contributed by atoms with Gasteiger partial charge in [-0.1, -0.05) is 38.5 Å². The van der Waals surface area contributed by atoms with E-state index in [1.807, 2.05) is 0 Å². The fourth-order valence-electron chi connectivity index (χ4n) is 2.61. The number of methoxy groups -OCH3 is 2. The highest BCUT2D eigenvalue weighted by Gasteiger charge is 2.34. The van der Waals surface area contributed by atoms with Gasteiger partial charge in [-0.25, -0.2) is 0 Å². The minimum Gasteiger partial charge on any atom is -0.489 e. The average molecular weight is 346 g/mol. The van der Waals surface area contributed by atoms with Crippen LogP contribution in [0.4, 0.5) is 0 Å². The van der Waals surface area contributed by atoms with Crippen molar-refractivity contribution in [3.8, 4) is 0 Å². The molecule has 0 fully saturated rings. The van der Waals surface area contributed by atoms with Crippen molar-refractivity contribution in [2.75, 3.05) is 20.7 Å². The molecule has 0 heterocycles. The second-order valence-electron chi connectivity index (χ2n) is 5.61. The normalized spacial score (nSPS) is 21.9. The number of aliphatic hydroxyl groups is 1. The summed E-state index contributed by atoms with van der Waals surface area (Å²) in [6, 6.07) is 0. The van der Waals surface area contributed by atoms with E-state index in [9.17, 15) is 9.59 Å². The Kier molecular flexibility index (Phi) is 5.09. The summed E-state index contributed by atoms with van der Waals surface area (Å²) in [5.74, 6) is -3.58. The van der Waals surface area contributed by atoms with Gasteiger partial charge in [-0.2, -0.15) is 0 Å². The number of carbonyl (C=O) groups is 2. The van der Waals surface area contributed by atoms with Gasteiger partial charge in [-0.15, -0.1) is 0 Å². The molecule has 0 saturated heterocycles. The summed E-state index contributed by atoms with van der Waals surface area (Å²) in [6.45, 7) is -5.04. The summed E-state index contributed by atoms with van der Waals surface area (Å²) in [5.41, 5.74) is -0.948. The third-order valence-corrected chi connectivity index (χ3v) is 3.94. The van der Waals surface area contributed by atoms with Crippen LogP contribution >= 0.6 is 0 Å². The fraction of sp³-hybridized carbons (Fsp3) is 0.684. The summed E-state index contributed by atoms with van der Waals surface area (Å²) in [7, 11) is -1.99. The second-order valence-corrected chi connectivity index (χ2v) is 5.61. The summed E-state index contributed by atoms with van der Waals surface area (Å²) in [5, 5.41) is 9.03. The molecule has 0 aromatic heterocycles. The van der Waals surface area contributed by atoms with Crippen LogP contribution in [0.25, 0.3) is 0 Å². The second kappa shape index (κ2) is 11.0. The highest BCUT2D eigenvalue weighted by Crippen LogP contribution is 2.28. The number of ether oxygens (including phenoxy) is 2. The third-order valence-electron chi connectivity index (χ3n) is 3.94. The number of hydrogen-bond donors (Lipinski definition) is 1. The monoisotopic (exact) mass is 346 g/mol. The fourth-order valence-corrected chi connectivity index (χ4v) is 2.61. The van der Waals surface area contributed by atoms with Gasteiger partial charge >= 0.3 is 0 Å². The van der Waals surface area contributed by atoms with Crippen LogP contribution in [-0.2, 0) is 19.1 Å². The molecule has 5 nitrogen and oxygen atoms in total. The number of unbranched alkanes of at least 4 members (excludes halogenated alkanes) is 6. The van der Waals surface area contributed by atoms with Crippen LogP contribution in [-0.4, -0.2) is 37.4 Å². The molecule has 0 aliphatic heterocycles. The maximum absolute atomic E-state index is 12.9. The summed E-state index contributed by atoms with van der Waals surface area (Å²) in [6.07, 6.45) is 4.91. The van der Waals surface area contributed by atoms with Gasteiger partial charge in [0.05, 0.1) is 21.0 Å². The quantitative estimate of drug-likeness (QED) is 0.433. The Morgan fingerprint density at radius 2 is 1.50 bits per heavy atom. The van der Waals surface area contributed by atoms with Crippen molar-refractivity contribution in [3.63, 3.8) is 0 Å². The molecule has 1 rings (SSSR count). The number of Topliss-reactive ketones (excluding diaryl/α,β-unsaturated/α-hetero) is 2. The highest BCUT2D eigenvalue weighted by atomic mass is 16.5. The largest absolute Gasteiger partial charge is 0.489 e. The number of allylic oxidation sites excluding steroid dienone is 2. The van der Waals surface area contributed by atoms with E-state index >= 15 is 0 Å². The molecule has 1 aliphatic carbocycles. The van der Waals surface area contributed by atoms with Crippen LogP contribution in [0.3, 0.4) is 0 Å². The van der Waals surface area contributed by atoms with Crippen molar-refractivity contribution in [1.29, 1.82) is 0 Å². The first-order valence-electron chi connectivity index (χ1n) is 12.1. The van der Waals surface area contributed by atoms with Crippen molar-refractivity contribution >= 4 is 11.6 Å². The van der Waals surface area contributed by atoms with Gasteiger partial charge in [-0.05, 0) is 26.1 Å². The van der Waals surface area contributed by atoms with E-state index in [0.717, 1.165) is 32.8 Å². The zero-order valence-electron chi connectivity index (χ0n) is 21.9. The zero-order chi connectivity index (χ0) is 24.7. The molecule has 0 unspecified atom stereocenters. The maximum Gasteiger partial charge on any atom is 0.228 e. The van der Waals surface area contributed by atoms with Gasteiger partial charge in [0.25, 0.3) is 0 Å². The van der Waals surface area contributed by atoms with Gasteiger partial charge in [0.2, 0.25) is 23.1 Å². The molecular weight excluding hydrogens is 308 g/mol. The smallest absolute Gasteiger partial charge is 0.228 e. The van der Waals surface area contributed by atoms with E-state index in [1.54, 1.807) is 0 Å². The Bertz CT molecular complexity index is 744. The Balaban J connectivity index is 2.78. The number of carbonyl (C=O) groups excluding carboxylic acids is 2. The van der Waals surface area contributed by atoms with E-state index in [1.165, 1.54) is 0 Å². The number of ketones is 2. The first-order chi connectivity index (χ1) is 14.6. The third kappa shape index (κ3) is 5.48. The number of hydrogen-bond acceptors (Lipinski definition) is 5. The van der Waals surface area contributed by atoms with Crippen molar-refractivity contribution in [1.82, 2.24) is 0 Å². The van der Waals surface area contributed by atoms with E-state index in [-0.39, 0.29) is 18.4 Å². The number of rotatable bonds is 12. The Hall–Kier alpha value is -1.62. The minimum absolute atomic E-state index is 0.0200. The van der Waals surface area contributed by atoms with E-state index in [0.29, 0.717) is 19.3 Å². The molecular formula is C19H30O5. The van der Waals surface area contributed by atoms with Crippen LogP contribution in [0.15, 0.2) is 22.7 Å². The molecule has 24 heavy (non-hydrogen) atoms. The minimum atomic E-state index is -3.02. The lowest BCUT2D eigenvalue weighted by atomic mass is 9.89. The standard InChI is InChI=1S/C19H30O5/c1-14-15(12-10-8-6-4-5-7-9-11-13-20)17(22)19(24-3)18(23-2)16(14)21/h20H,4-13H2,1-3H3/i1D3,3D3,13D2. The summed E-state index contributed by atoms with van der Waals surface area (Å²) in [4.78, 5) is 25.6. The Morgan fingerprint density at radius 1 is 0.917 bits per heavy atom. The van der Waals surface area contributed by atoms with Crippen LogP contribution in [0.1, 0.15) is 75.6 Å². The predicted molar refractivity (Wildman–Crippen MR) is 92.4 cm³/mol. The van der Waals surface area contributed by atoms with Crippen molar-refractivity contribution in [3.05, 3.63) is 22.7 Å². The maximum atomic E-state index is 12.9. The molecule has 1 aliphatic rings. The van der Waals surface area contributed by atoms with E-state index in [2.05, 4.69) is 4.74 Å². The van der Waals surface area contributed by atoms with Crippen molar-refractivity contribution < 1.29 is 35.1 Å². The lowest BCUT2D eigenvalue weighted by molar-refractivity contribution is -0.121. The zero-order valence-corrected chi connectivity index (χ0v) is 13.9. The van der Waals surface area contributed by atoms with Gasteiger partial charge in [0.15, 0.2) is 0 Å². The van der Waals surface area contributed by atoms with E-state index < -0.39 is 49.1 Å². The lowest BCUT2D eigenvalue weighted by Gasteiger charge is -2.20.